The Balaban J connectivity index is 1.45. The maximum Gasteiger partial charge on any atom is 0.259 e. The molecular formula is C22H19N5O2S. The van der Waals surface area contributed by atoms with Crippen molar-refractivity contribution in [2.24, 2.45) is 0 Å². The lowest BCUT2D eigenvalue weighted by Crippen LogP contribution is -2.15. The Morgan fingerprint density at radius 1 is 1.03 bits per heavy atom. The average molecular weight is 417 g/mol. The van der Waals surface area contributed by atoms with Gasteiger partial charge in [0.15, 0.2) is 5.13 Å². The Morgan fingerprint density at radius 2 is 1.80 bits per heavy atom. The Kier molecular flexibility index (Phi) is 5.67. The maximum atomic E-state index is 12.6. The molecule has 2 aromatic carbocycles. The molecule has 0 fully saturated rings. The van der Waals surface area contributed by atoms with Crippen molar-refractivity contribution < 1.29 is 9.53 Å². The van der Waals surface area contributed by atoms with Crippen LogP contribution in [-0.2, 0) is 0 Å². The van der Waals surface area contributed by atoms with E-state index in [1.54, 1.807) is 38.3 Å². The number of hydrogen-bond donors (Lipinski definition) is 2. The van der Waals surface area contributed by atoms with E-state index in [1.165, 1.54) is 17.5 Å². The summed E-state index contributed by atoms with van der Waals surface area (Å²) in [5.74, 6) is 0.841. The van der Waals surface area contributed by atoms with Crippen LogP contribution in [0.2, 0.25) is 0 Å². The van der Waals surface area contributed by atoms with Crippen molar-refractivity contribution in [2.75, 3.05) is 17.7 Å². The van der Waals surface area contributed by atoms with Gasteiger partial charge in [-0.1, -0.05) is 30.3 Å². The highest BCUT2D eigenvalue weighted by atomic mass is 32.1. The fourth-order valence-corrected chi connectivity index (χ4v) is 3.50. The molecule has 0 unspecified atom stereocenters. The molecule has 0 atom stereocenters. The molecule has 2 N–H and O–H groups in total. The molecule has 0 saturated heterocycles. The molecule has 8 heteroatoms. The molecule has 4 aromatic rings. The number of aromatic nitrogens is 3. The highest BCUT2D eigenvalue weighted by molar-refractivity contribution is 7.14. The zero-order valence-corrected chi connectivity index (χ0v) is 17.2. The number of nitrogens with zero attached hydrogens (tertiary/aromatic N) is 3. The lowest BCUT2D eigenvalue weighted by atomic mass is 10.2. The second kappa shape index (κ2) is 8.71. The normalized spacial score (nSPS) is 10.5. The SMILES string of the molecule is COc1ccc(NC(=O)c2cnc(Nc3nc(-c4ccccc4)cs3)nc2C)cc1. The van der Waals surface area contributed by atoms with Gasteiger partial charge in [-0.2, -0.15) is 0 Å². The van der Waals surface area contributed by atoms with Crippen LogP contribution in [-0.4, -0.2) is 28.0 Å². The molecule has 0 saturated carbocycles. The Labute approximate surface area is 177 Å². The number of hydrogen-bond acceptors (Lipinski definition) is 7. The number of carbonyl (C=O) groups is 1. The summed E-state index contributed by atoms with van der Waals surface area (Å²) in [6, 6.07) is 17.1. The van der Waals surface area contributed by atoms with Gasteiger partial charge in [-0.25, -0.2) is 15.0 Å². The Hall–Kier alpha value is -3.78. The molecule has 0 bridgehead atoms. The van der Waals surface area contributed by atoms with Crippen LogP contribution >= 0.6 is 11.3 Å². The van der Waals surface area contributed by atoms with Gasteiger partial charge in [0.2, 0.25) is 5.95 Å². The minimum Gasteiger partial charge on any atom is -0.497 e. The summed E-state index contributed by atoms with van der Waals surface area (Å²) in [5, 5.41) is 8.60. The van der Waals surface area contributed by atoms with E-state index in [4.69, 9.17) is 4.74 Å². The zero-order valence-electron chi connectivity index (χ0n) is 16.4. The molecule has 0 radical (unpaired) electrons. The zero-order chi connectivity index (χ0) is 20.9. The molecular weight excluding hydrogens is 398 g/mol. The number of aryl methyl sites for hydroxylation is 1. The Bertz CT molecular complexity index is 1160. The number of benzene rings is 2. The third kappa shape index (κ3) is 4.44. The predicted molar refractivity (Wildman–Crippen MR) is 119 cm³/mol. The molecule has 0 aliphatic heterocycles. The van der Waals surface area contributed by atoms with E-state index in [0.29, 0.717) is 28.0 Å². The molecule has 0 aliphatic carbocycles. The number of ether oxygens (including phenoxy) is 1. The number of rotatable bonds is 6. The van der Waals surface area contributed by atoms with E-state index in [9.17, 15) is 4.79 Å². The molecule has 30 heavy (non-hydrogen) atoms. The van der Waals surface area contributed by atoms with Crippen LogP contribution in [0.4, 0.5) is 16.8 Å². The number of methoxy groups -OCH3 is 1. The van der Waals surface area contributed by atoms with Gasteiger partial charge in [-0.15, -0.1) is 11.3 Å². The van der Waals surface area contributed by atoms with Gasteiger partial charge in [0, 0.05) is 22.8 Å². The highest BCUT2D eigenvalue weighted by Crippen LogP contribution is 2.26. The first-order valence-corrected chi connectivity index (χ1v) is 10.1. The topological polar surface area (TPSA) is 89.0 Å². The van der Waals surface area contributed by atoms with E-state index in [2.05, 4.69) is 25.6 Å². The number of carbonyl (C=O) groups excluding carboxylic acids is 1. The number of amides is 1. The number of anilines is 3. The van der Waals surface area contributed by atoms with Crippen LogP contribution in [0.1, 0.15) is 16.1 Å². The van der Waals surface area contributed by atoms with E-state index in [1.807, 2.05) is 35.7 Å². The first kappa shape index (κ1) is 19.5. The largest absolute Gasteiger partial charge is 0.497 e. The van der Waals surface area contributed by atoms with Crippen LogP contribution < -0.4 is 15.4 Å². The quantitative estimate of drug-likeness (QED) is 0.463. The van der Waals surface area contributed by atoms with Gasteiger partial charge in [0.25, 0.3) is 5.91 Å². The molecule has 2 heterocycles. The summed E-state index contributed by atoms with van der Waals surface area (Å²) in [6.45, 7) is 1.77. The van der Waals surface area contributed by atoms with Crippen molar-refractivity contribution in [3.63, 3.8) is 0 Å². The summed E-state index contributed by atoms with van der Waals surface area (Å²) in [6.07, 6.45) is 1.51. The lowest BCUT2D eigenvalue weighted by Gasteiger charge is -2.09. The fraction of sp³-hybridized carbons (Fsp3) is 0.0909. The summed E-state index contributed by atoms with van der Waals surface area (Å²) < 4.78 is 5.12. The predicted octanol–water partition coefficient (Wildman–Crippen LogP) is 4.91. The van der Waals surface area contributed by atoms with Gasteiger partial charge in [-0.3, -0.25) is 4.79 Å². The van der Waals surface area contributed by atoms with Crippen molar-refractivity contribution in [2.45, 2.75) is 6.92 Å². The van der Waals surface area contributed by atoms with Crippen molar-refractivity contribution in [3.05, 3.63) is 77.4 Å². The summed E-state index contributed by atoms with van der Waals surface area (Å²) in [5.41, 5.74) is 3.57. The van der Waals surface area contributed by atoms with E-state index < -0.39 is 0 Å². The molecule has 150 valence electrons. The Morgan fingerprint density at radius 3 is 2.50 bits per heavy atom. The van der Waals surface area contributed by atoms with Gasteiger partial charge in [0.05, 0.1) is 24.1 Å². The van der Waals surface area contributed by atoms with Crippen molar-refractivity contribution in [1.82, 2.24) is 15.0 Å². The molecule has 0 spiro atoms. The van der Waals surface area contributed by atoms with E-state index in [-0.39, 0.29) is 5.91 Å². The van der Waals surface area contributed by atoms with Crippen molar-refractivity contribution in [3.8, 4) is 17.0 Å². The minimum atomic E-state index is -0.273. The average Bonchev–Trinajstić information content (AvgIpc) is 3.23. The maximum absolute atomic E-state index is 12.6. The smallest absolute Gasteiger partial charge is 0.259 e. The highest BCUT2D eigenvalue weighted by Gasteiger charge is 2.13. The van der Waals surface area contributed by atoms with E-state index in [0.717, 1.165) is 17.0 Å². The molecule has 1 amide bonds. The van der Waals surface area contributed by atoms with Crippen LogP contribution in [0.3, 0.4) is 0 Å². The first-order valence-electron chi connectivity index (χ1n) is 9.19. The van der Waals surface area contributed by atoms with Gasteiger partial charge < -0.3 is 15.4 Å². The van der Waals surface area contributed by atoms with Gasteiger partial charge in [-0.05, 0) is 31.2 Å². The number of thiazole rings is 1. The summed E-state index contributed by atoms with van der Waals surface area (Å²) in [7, 11) is 1.60. The second-order valence-electron chi connectivity index (χ2n) is 6.40. The molecule has 4 rings (SSSR count). The van der Waals surface area contributed by atoms with E-state index >= 15 is 0 Å². The third-order valence-electron chi connectivity index (χ3n) is 4.36. The van der Waals surface area contributed by atoms with Crippen LogP contribution in [0.5, 0.6) is 5.75 Å². The fourth-order valence-electron chi connectivity index (χ4n) is 2.79. The second-order valence-corrected chi connectivity index (χ2v) is 7.26. The minimum absolute atomic E-state index is 0.273. The summed E-state index contributed by atoms with van der Waals surface area (Å²) >= 11 is 1.47. The molecule has 7 nitrogen and oxygen atoms in total. The van der Waals surface area contributed by atoms with Crippen molar-refractivity contribution in [1.29, 1.82) is 0 Å². The first-order chi connectivity index (χ1) is 14.6. The standard InChI is InChI=1S/C22H19N5O2S/c1-14-18(20(28)25-16-8-10-17(29-2)11-9-16)12-23-21(24-14)27-22-26-19(13-30-22)15-6-4-3-5-7-15/h3-13H,1-2H3,(H,25,28)(H,23,24,26,27). The van der Waals surface area contributed by atoms with Gasteiger partial charge in [0.1, 0.15) is 5.75 Å². The van der Waals surface area contributed by atoms with Crippen molar-refractivity contribution >= 4 is 34.0 Å². The molecule has 2 aromatic heterocycles. The number of nitrogens with one attached hydrogen (secondary N) is 2. The van der Waals surface area contributed by atoms with Gasteiger partial charge >= 0.3 is 0 Å². The van der Waals surface area contributed by atoms with Crippen LogP contribution in [0.25, 0.3) is 11.3 Å². The third-order valence-corrected chi connectivity index (χ3v) is 5.12. The summed E-state index contributed by atoms with van der Waals surface area (Å²) in [4.78, 5) is 25.8. The lowest BCUT2D eigenvalue weighted by molar-refractivity contribution is 0.102. The van der Waals surface area contributed by atoms with Crippen LogP contribution in [0.15, 0.2) is 66.2 Å². The van der Waals surface area contributed by atoms with Crippen LogP contribution in [0, 0.1) is 6.92 Å². The molecule has 0 aliphatic rings. The monoisotopic (exact) mass is 417 g/mol.